The van der Waals surface area contributed by atoms with Crippen molar-refractivity contribution in [3.05, 3.63) is 35.1 Å². The van der Waals surface area contributed by atoms with Gasteiger partial charge in [0.25, 0.3) is 0 Å². The lowest BCUT2D eigenvalue weighted by atomic mass is 10.1. The summed E-state index contributed by atoms with van der Waals surface area (Å²) in [5.74, 6) is -0.869. The van der Waals surface area contributed by atoms with E-state index >= 15 is 0 Å². The van der Waals surface area contributed by atoms with Gasteiger partial charge in [0.05, 0.1) is 17.2 Å². The number of ketones is 1. The molecule has 0 aromatic heterocycles. The number of alkyl halides is 1. The average molecular weight is 256 g/mol. The first-order valence-electron chi connectivity index (χ1n) is 3.98. The Morgan fingerprint density at radius 2 is 2.29 bits per heavy atom. The van der Waals surface area contributed by atoms with Gasteiger partial charge in [0.2, 0.25) is 0 Å². The summed E-state index contributed by atoms with van der Waals surface area (Å²) in [6, 6.07) is 5.63. The Morgan fingerprint density at radius 3 is 2.86 bits per heavy atom. The predicted octanol–water partition coefficient (Wildman–Crippen LogP) is 2.67. The molecule has 0 fully saturated rings. The quantitative estimate of drug-likeness (QED) is 0.616. The molecule has 1 aromatic rings. The number of nitrogens with zero attached hydrogens (tertiary/aromatic N) is 1. The SMILES string of the molecule is N#Cc1ccc(F)c(C(=O)CCBr)c1. The van der Waals surface area contributed by atoms with E-state index in [1.807, 2.05) is 6.07 Å². The second-order valence-electron chi connectivity index (χ2n) is 2.67. The van der Waals surface area contributed by atoms with Crippen LogP contribution in [0.15, 0.2) is 18.2 Å². The van der Waals surface area contributed by atoms with E-state index in [1.165, 1.54) is 12.1 Å². The van der Waals surface area contributed by atoms with Crippen molar-refractivity contribution >= 4 is 21.7 Å². The largest absolute Gasteiger partial charge is 0.294 e. The first-order valence-corrected chi connectivity index (χ1v) is 5.10. The maximum Gasteiger partial charge on any atom is 0.166 e. The Bertz CT molecular complexity index is 398. The highest BCUT2D eigenvalue weighted by molar-refractivity contribution is 9.09. The van der Waals surface area contributed by atoms with Gasteiger partial charge in [0.1, 0.15) is 5.82 Å². The van der Waals surface area contributed by atoms with Crippen LogP contribution in [-0.4, -0.2) is 11.1 Å². The number of hydrogen-bond donors (Lipinski definition) is 0. The second-order valence-corrected chi connectivity index (χ2v) is 3.46. The highest BCUT2D eigenvalue weighted by Crippen LogP contribution is 2.12. The molecule has 1 rings (SSSR count). The van der Waals surface area contributed by atoms with Crippen LogP contribution < -0.4 is 0 Å². The Hall–Kier alpha value is -1.21. The number of Topliss-reactive ketones (excluding diaryl/α,β-unsaturated/α-hetero) is 1. The Morgan fingerprint density at radius 1 is 1.57 bits per heavy atom. The van der Waals surface area contributed by atoms with Crippen LogP contribution in [0.2, 0.25) is 0 Å². The van der Waals surface area contributed by atoms with E-state index in [9.17, 15) is 9.18 Å². The molecule has 0 saturated heterocycles. The molecular formula is C10H7BrFNO. The molecule has 4 heteroatoms. The molecule has 0 aliphatic carbocycles. The lowest BCUT2D eigenvalue weighted by molar-refractivity contribution is 0.0986. The van der Waals surface area contributed by atoms with Crippen molar-refractivity contribution in [1.82, 2.24) is 0 Å². The van der Waals surface area contributed by atoms with Crippen molar-refractivity contribution in [1.29, 1.82) is 5.26 Å². The lowest BCUT2D eigenvalue weighted by Gasteiger charge is -2.00. The summed E-state index contributed by atoms with van der Waals surface area (Å²) in [7, 11) is 0. The fourth-order valence-corrected chi connectivity index (χ4v) is 1.39. The molecule has 2 nitrogen and oxygen atoms in total. The van der Waals surface area contributed by atoms with E-state index in [-0.39, 0.29) is 17.8 Å². The third kappa shape index (κ3) is 2.39. The highest BCUT2D eigenvalue weighted by atomic mass is 79.9. The molecule has 0 atom stereocenters. The molecule has 0 unspecified atom stereocenters. The van der Waals surface area contributed by atoms with Crippen molar-refractivity contribution in [2.45, 2.75) is 6.42 Å². The minimum absolute atomic E-state index is 0.0106. The minimum atomic E-state index is -0.574. The molecule has 0 aliphatic rings. The standard InChI is InChI=1S/C10H7BrFNO/c11-4-3-10(14)8-5-7(6-13)1-2-9(8)12/h1-2,5H,3-4H2. The normalized spacial score (nSPS) is 9.50. The summed E-state index contributed by atoms with van der Waals surface area (Å²) in [5.41, 5.74) is 0.285. The maximum absolute atomic E-state index is 13.1. The van der Waals surface area contributed by atoms with Gasteiger partial charge in [-0.2, -0.15) is 5.26 Å². The summed E-state index contributed by atoms with van der Waals surface area (Å²) in [6.45, 7) is 0. The summed E-state index contributed by atoms with van der Waals surface area (Å²) >= 11 is 3.10. The third-order valence-corrected chi connectivity index (χ3v) is 2.11. The zero-order chi connectivity index (χ0) is 10.6. The second kappa shape index (κ2) is 4.87. The number of rotatable bonds is 3. The summed E-state index contributed by atoms with van der Waals surface area (Å²) < 4.78 is 13.1. The molecule has 0 saturated carbocycles. The van der Waals surface area contributed by atoms with Crippen LogP contribution in [0.1, 0.15) is 22.3 Å². The zero-order valence-corrected chi connectivity index (χ0v) is 8.84. The van der Waals surface area contributed by atoms with E-state index in [0.717, 1.165) is 6.07 Å². The fraction of sp³-hybridized carbons (Fsp3) is 0.200. The predicted molar refractivity (Wildman–Crippen MR) is 53.9 cm³/mol. The molecule has 0 radical (unpaired) electrons. The average Bonchev–Trinajstić information content (AvgIpc) is 2.19. The van der Waals surface area contributed by atoms with Crippen molar-refractivity contribution in [2.24, 2.45) is 0 Å². The van der Waals surface area contributed by atoms with Gasteiger partial charge in [0.15, 0.2) is 5.78 Å². The van der Waals surface area contributed by atoms with Gasteiger partial charge in [-0.25, -0.2) is 4.39 Å². The number of hydrogen-bond acceptors (Lipinski definition) is 2. The molecule has 0 heterocycles. The van der Waals surface area contributed by atoms with Crippen molar-refractivity contribution in [3.63, 3.8) is 0 Å². The summed E-state index contributed by atoms with van der Waals surface area (Å²) in [6.07, 6.45) is 0.228. The van der Waals surface area contributed by atoms with Gasteiger partial charge < -0.3 is 0 Å². The molecule has 0 aliphatic heterocycles. The molecule has 0 spiro atoms. The van der Waals surface area contributed by atoms with Crippen molar-refractivity contribution in [3.8, 4) is 6.07 Å². The maximum atomic E-state index is 13.1. The van der Waals surface area contributed by atoms with E-state index in [4.69, 9.17) is 5.26 Å². The van der Waals surface area contributed by atoms with E-state index in [2.05, 4.69) is 15.9 Å². The zero-order valence-electron chi connectivity index (χ0n) is 7.26. The minimum Gasteiger partial charge on any atom is -0.294 e. The molecule has 1 aromatic carbocycles. The lowest BCUT2D eigenvalue weighted by Crippen LogP contribution is -2.03. The van der Waals surface area contributed by atoms with Crippen LogP contribution in [0.25, 0.3) is 0 Å². The van der Waals surface area contributed by atoms with Gasteiger partial charge in [0, 0.05) is 11.8 Å². The Labute approximate surface area is 89.5 Å². The monoisotopic (exact) mass is 255 g/mol. The van der Waals surface area contributed by atoms with Gasteiger partial charge in [-0.3, -0.25) is 4.79 Å². The third-order valence-electron chi connectivity index (χ3n) is 1.72. The number of carbonyl (C=O) groups is 1. The molecule has 0 N–H and O–H groups in total. The van der Waals surface area contributed by atoms with E-state index in [1.54, 1.807) is 0 Å². The van der Waals surface area contributed by atoms with Crippen molar-refractivity contribution in [2.75, 3.05) is 5.33 Å². The Kier molecular flexibility index (Phi) is 3.78. The molecule has 0 amide bonds. The van der Waals surface area contributed by atoms with Crippen LogP contribution in [0.5, 0.6) is 0 Å². The number of benzene rings is 1. The molecule has 14 heavy (non-hydrogen) atoms. The molecular weight excluding hydrogens is 249 g/mol. The van der Waals surface area contributed by atoms with E-state index < -0.39 is 5.82 Å². The van der Waals surface area contributed by atoms with Crippen LogP contribution in [0.3, 0.4) is 0 Å². The van der Waals surface area contributed by atoms with Gasteiger partial charge >= 0.3 is 0 Å². The first kappa shape index (κ1) is 10.9. The summed E-state index contributed by atoms with van der Waals surface area (Å²) in [5, 5.41) is 9.06. The number of carbonyl (C=O) groups excluding carboxylic acids is 1. The van der Waals surface area contributed by atoms with Crippen LogP contribution in [0, 0.1) is 17.1 Å². The molecule has 72 valence electrons. The van der Waals surface area contributed by atoms with Gasteiger partial charge in [-0.05, 0) is 18.2 Å². The topological polar surface area (TPSA) is 40.9 Å². The number of nitriles is 1. The summed E-state index contributed by atoms with van der Waals surface area (Å²) in [4.78, 5) is 11.4. The smallest absolute Gasteiger partial charge is 0.166 e. The van der Waals surface area contributed by atoms with Crippen molar-refractivity contribution < 1.29 is 9.18 Å². The van der Waals surface area contributed by atoms with Crippen LogP contribution >= 0.6 is 15.9 Å². The van der Waals surface area contributed by atoms with E-state index in [0.29, 0.717) is 10.9 Å². The fourth-order valence-electron chi connectivity index (χ4n) is 1.03. The Balaban J connectivity index is 3.07. The highest BCUT2D eigenvalue weighted by Gasteiger charge is 2.11. The molecule has 0 bridgehead atoms. The van der Waals surface area contributed by atoms with Gasteiger partial charge in [-0.1, -0.05) is 15.9 Å². The number of halogens is 2. The van der Waals surface area contributed by atoms with Crippen LogP contribution in [-0.2, 0) is 0 Å². The van der Waals surface area contributed by atoms with Crippen LogP contribution in [0.4, 0.5) is 4.39 Å². The first-order chi connectivity index (χ1) is 6.69. The van der Waals surface area contributed by atoms with Gasteiger partial charge in [-0.15, -0.1) is 0 Å².